The number of nitrogens with one attached hydrogen (secondary N) is 1. The van der Waals surface area contributed by atoms with Crippen molar-refractivity contribution in [2.75, 3.05) is 13.6 Å². The zero-order valence-electron chi connectivity index (χ0n) is 11.1. The molecule has 1 atom stereocenters. The SMILES string of the molecule is CCCC(CNC)Cc1cc(C)nn1CC. The molecular weight excluding hydrogens is 198 g/mol. The lowest BCUT2D eigenvalue weighted by molar-refractivity contribution is 0.439. The molecule has 0 saturated heterocycles. The zero-order valence-corrected chi connectivity index (χ0v) is 11.1. The molecule has 0 amide bonds. The van der Waals surface area contributed by atoms with Gasteiger partial charge in [-0.1, -0.05) is 13.3 Å². The molecule has 0 aliphatic rings. The van der Waals surface area contributed by atoms with Gasteiger partial charge < -0.3 is 5.32 Å². The van der Waals surface area contributed by atoms with Crippen LogP contribution in [0.5, 0.6) is 0 Å². The van der Waals surface area contributed by atoms with E-state index in [-0.39, 0.29) is 0 Å². The fourth-order valence-electron chi connectivity index (χ4n) is 2.31. The van der Waals surface area contributed by atoms with Crippen LogP contribution in [0.15, 0.2) is 6.07 Å². The van der Waals surface area contributed by atoms with Crippen LogP contribution in [-0.2, 0) is 13.0 Å². The smallest absolute Gasteiger partial charge is 0.0596 e. The molecule has 1 rings (SSSR count). The minimum Gasteiger partial charge on any atom is -0.319 e. The topological polar surface area (TPSA) is 29.9 Å². The van der Waals surface area contributed by atoms with Crippen molar-refractivity contribution in [1.29, 1.82) is 0 Å². The van der Waals surface area contributed by atoms with E-state index in [1.54, 1.807) is 0 Å². The van der Waals surface area contributed by atoms with E-state index in [4.69, 9.17) is 0 Å². The van der Waals surface area contributed by atoms with E-state index in [0.29, 0.717) is 0 Å². The first-order valence-corrected chi connectivity index (χ1v) is 6.39. The summed E-state index contributed by atoms with van der Waals surface area (Å²) in [6.45, 7) is 8.56. The summed E-state index contributed by atoms with van der Waals surface area (Å²) in [5.41, 5.74) is 2.52. The van der Waals surface area contributed by atoms with Gasteiger partial charge in [-0.3, -0.25) is 4.68 Å². The van der Waals surface area contributed by atoms with Crippen LogP contribution in [0.1, 0.15) is 38.1 Å². The molecule has 0 aromatic carbocycles. The maximum absolute atomic E-state index is 4.50. The Morgan fingerprint density at radius 3 is 2.75 bits per heavy atom. The van der Waals surface area contributed by atoms with Crippen LogP contribution >= 0.6 is 0 Å². The zero-order chi connectivity index (χ0) is 12.0. The van der Waals surface area contributed by atoms with Crippen molar-refractivity contribution in [1.82, 2.24) is 15.1 Å². The Labute approximate surface area is 99.2 Å². The van der Waals surface area contributed by atoms with Crippen molar-refractivity contribution >= 4 is 0 Å². The summed E-state index contributed by atoms with van der Waals surface area (Å²) in [7, 11) is 2.03. The van der Waals surface area contributed by atoms with Crippen molar-refractivity contribution in [2.24, 2.45) is 5.92 Å². The summed E-state index contributed by atoms with van der Waals surface area (Å²) in [6.07, 6.45) is 3.68. The first-order chi connectivity index (χ1) is 7.71. The van der Waals surface area contributed by atoms with Crippen molar-refractivity contribution in [2.45, 2.75) is 46.6 Å². The summed E-state index contributed by atoms with van der Waals surface area (Å²) in [4.78, 5) is 0. The standard InChI is InChI=1S/C13H25N3/c1-5-7-12(10-14-4)9-13-8-11(3)15-16(13)6-2/h8,12,14H,5-7,9-10H2,1-4H3. The molecule has 3 nitrogen and oxygen atoms in total. The maximum atomic E-state index is 4.50. The molecule has 0 fully saturated rings. The van der Waals surface area contributed by atoms with Gasteiger partial charge in [-0.2, -0.15) is 5.10 Å². The van der Waals surface area contributed by atoms with Gasteiger partial charge in [-0.25, -0.2) is 0 Å². The maximum Gasteiger partial charge on any atom is 0.0596 e. The number of aromatic nitrogens is 2. The molecule has 0 bridgehead atoms. The Balaban J connectivity index is 2.67. The summed E-state index contributed by atoms with van der Waals surface area (Å²) in [5, 5.41) is 7.79. The highest BCUT2D eigenvalue weighted by molar-refractivity contribution is 5.09. The molecule has 16 heavy (non-hydrogen) atoms. The van der Waals surface area contributed by atoms with Crippen molar-refractivity contribution in [3.05, 3.63) is 17.5 Å². The molecule has 0 radical (unpaired) electrons. The van der Waals surface area contributed by atoms with E-state index in [2.05, 4.69) is 41.9 Å². The average molecular weight is 223 g/mol. The quantitative estimate of drug-likeness (QED) is 0.769. The highest BCUT2D eigenvalue weighted by Gasteiger charge is 2.11. The van der Waals surface area contributed by atoms with Gasteiger partial charge in [0.1, 0.15) is 0 Å². The monoisotopic (exact) mass is 223 g/mol. The Morgan fingerprint density at radius 1 is 1.44 bits per heavy atom. The van der Waals surface area contributed by atoms with Gasteiger partial charge in [0.2, 0.25) is 0 Å². The second kappa shape index (κ2) is 6.69. The molecule has 3 heteroatoms. The van der Waals surface area contributed by atoms with Gasteiger partial charge in [-0.05, 0) is 52.3 Å². The average Bonchev–Trinajstić information content (AvgIpc) is 2.59. The minimum atomic E-state index is 0.733. The van der Waals surface area contributed by atoms with E-state index in [0.717, 1.165) is 31.1 Å². The second-order valence-electron chi connectivity index (χ2n) is 4.51. The largest absolute Gasteiger partial charge is 0.319 e. The van der Waals surface area contributed by atoms with Gasteiger partial charge in [0, 0.05) is 12.2 Å². The van der Waals surface area contributed by atoms with E-state index in [1.165, 1.54) is 18.5 Å². The lowest BCUT2D eigenvalue weighted by atomic mass is 9.97. The number of rotatable bonds is 7. The Kier molecular flexibility index (Phi) is 5.53. The van der Waals surface area contributed by atoms with Crippen molar-refractivity contribution < 1.29 is 0 Å². The third-order valence-electron chi connectivity index (χ3n) is 2.97. The second-order valence-corrected chi connectivity index (χ2v) is 4.51. The summed E-state index contributed by atoms with van der Waals surface area (Å²) < 4.78 is 2.13. The molecule has 0 aliphatic heterocycles. The number of hydrogen-bond donors (Lipinski definition) is 1. The minimum absolute atomic E-state index is 0.733. The summed E-state index contributed by atoms with van der Waals surface area (Å²) in [6, 6.07) is 2.22. The van der Waals surface area contributed by atoms with Crippen LogP contribution in [-0.4, -0.2) is 23.4 Å². The van der Waals surface area contributed by atoms with Gasteiger partial charge in [0.05, 0.1) is 5.69 Å². The van der Waals surface area contributed by atoms with Crippen molar-refractivity contribution in [3.63, 3.8) is 0 Å². The fraction of sp³-hybridized carbons (Fsp3) is 0.769. The highest BCUT2D eigenvalue weighted by atomic mass is 15.3. The Bertz CT molecular complexity index is 298. The third kappa shape index (κ3) is 3.63. The van der Waals surface area contributed by atoms with Crippen LogP contribution in [0.4, 0.5) is 0 Å². The molecule has 1 unspecified atom stereocenters. The van der Waals surface area contributed by atoms with E-state index in [1.807, 2.05) is 7.05 Å². The van der Waals surface area contributed by atoms with Gasteiger partial charge in [0.15, 0.2) is 0 Å². The van der Waals surface area contributed by atoms with E-state index < -0.39 is 0 Å². The number of nitrogens with zero attached hydrogens (tertiary/aromatic N) is 2. The predicted octanol–water partition coefficient (Wildman–Crippen LogP) is 2.39. The van der Waals surface area contributed by atoms with Crippen LogP contribution in [0.2, 0.25) is 0 Å². The normalized spacial score (nSPS) is 13.0. The van der Waals surface area contributed by atoms with Crippen LogP contribution in [0.25, 0.3) is 0 Å². The number of hydrogen-bond acceptors (Lipinski definition) is 2. The lowest BCUT2D eigenvalue weighted by Gasteiger charge is -2.16. The van der Waals surface area contributed by atoms with Crippen LogP contribution in [0.3, 0.4) is 0 Å². The molecule has 92 valence electrons. The molecule has 1 aromatic heterocycles. The molecule has 1 heterocycles. The first kappa shape index (κ1) is 13.2. The van der Waals surface area contributed by atoms with Crippen molar-refractivity contribution in [3.8, 4) is 0 Å². The predicted molar refractivity (Wildman–Crippen MR) is 68.7 cm³/mol. The summed E-state index contributed by atoms with van der Waals surface area (Å²) in [5.74, 6) is 0.733. The molecule has 1 aromatic rings. The van der Waals surface area contributed by atoms with E-state index >= 15 is 0 Å². The fourth-order valence-corrected chi connectivity index (χ4v) is 2.31. The molecule has 0 spiro atoms. The Hall–Kier alpha value is -0.830. The van der Waals surface area contributed by atoms with Crippen LogP contribution in [0, 0.1) is 12.8 Å². The molecule has 0 aliphatic carbocycles. The lowest BCUT2D eigenvalue weighted by Crippen LogP contribution is -2.21. The Morgan fingerprint density at radius 2 is 2.19 bits per heavy atom. The number of aryl methyl sites for hydroxylation is 2. The molecular formula is C13H25N3. The third-order valence-corrected chi connectivity index (χ3v) is 2.97. The van der Waals surface area contributed by atoms with E-state index in [9.17, 15) is 0 Å². The van der Waals surface area contributed by atoms with Gasteiger partial charge in [-0.15, -0.1) is 0 Å². The summed E-state index contributed by atoms with van der Waals surface area (Å²) >= 11 is 0. The molecule has 0 saturated carbocycles. The molecule has 1 N–H and O–H groups in total. The highest BCUT2D eigenvalue weighted by Crippen LogP contribution is 2.14. The van der Waals surface area contributed by atoms with Crippen LogP contribution < -0.4 is 5.32 Å². The van der Waals surface area contributed by atoms with Gasteiger partial charge in [0.25, 0.3) is 0 Å². The first-order valence-electron chi connectivity index (χ1n) is 6.39. The van der Waals surface area contributed by atoms with Gasteiger partial charge >= 0.3 is 0 Å².